The van der Waals surface area contributed by atoms with Gasteiger partial charge in [0.25, 0.3) is 0 Å². The summed E-state index contributed by atoms with van der Waals surface area (Å²) in [6.45, 7) is 0. The summed E-state index contributed by atoms with van der Waals surface area (Å²) >= 11 is 0. The van der Waals surface area contributed by atoms with E-state index in [-0.39, 0.29) is 0 Å². The van der Waals surface area contributed by atoms with Crippen molar-refractivity contribution in [3.05, 3.63) is 71.8 Å². The highest BCUT2D eigenvalue weighted by atomic mass is 16.3. The Morgan fingerprint density at radius 3 is 2.53 bits per heavy atom. The van der Waals surface area contributed by atoms with Gasteiger partial charge in [0.1, 0.15) is 0 Å². The first-order valence-electron chi connectivity index (χ1n) is 6.24. The summed E-state index contributed by atoms with van der Waals surface area (Å²) in [7, 11) is 0. The molecule has 0 aliphatic heterocycles. The van der Waals surface area contributed by atoms with Crippen LogP contribution in [0, 0.1) is 0 Å². The van der Waals surface area contributed by atoms with Gasteiger partial charge >= 0.3 is 0 Å². The highest BCUT2D eigenvalue weighted by molar-refractivity contribution is 5.58. The van der Waals surface area contributed by atoms with E-state index < -0.39 is 5.72 Å². The van der Waals surface area contributed by atoms with Crippen LogP contribution in [0.15, 0.2) is 70.9 Å². The minimum atomic E-state index is -1.26. The number of hydrogen-bond acceptors (Lipinski definition) is 3. The van der Waals surface area contributed by atoms with Gasteiger partial charge in [-0.1, -0.05) is 54.6 Å². The van der Waals surface area contributed by atoms with E-state index in [9.17, 15) is 5.11 Å². The van der Waals surface area contributed by atoms with Gasteiger partial charge in [-0.15, -0.1) is 5.11 Å². The lowest BCUT2D eigenvalue weighted by Crippen LogP contribution is -2.24. The molecule has 3 nitrogen and oxygen atoms in total. The summed E-state index contributed by atoms with van der Waals surface area (Å²) in [5.41, 5.74) is 1.27. The molecule has 0 radical (unpaired) electrons. The largest absolute Gasteiger partial charge is 0.364 e. The number of rotatable bonds is 2. The van der Waals surface area contributed by atoms with Gasteiger partial charge in [-0.3, -0.25) is 0 Å². The zero-order valence-electron chi connectivity index (χ0n) is 10.4. The third-order valence-corrected chi connectivity index (χ3v) is 3.18. The maximum atomic E-state index is 10.7. The third kappa shape index (κ3) is 2.33. The lowest BCUT2D eigenvalue weighted by atomic mass is 9.90. The normalized spacial score (nSPS) is 21.5. The average Bonchev–Trinajstić information content (AvgIpc) is 2.47. The van der Waals surface area contributed by atoms with Crippen LogP contribution in [0.3, 0.4) is 0 Å². The van der Waals surface area contributed by atoms with Gasteiger partial charge in [0.2, 0.25) is 5.72 Å². The van der Waals surface area contributed by atoms with Crippen molar-refractivity contribution >= 4 is 11.8 Å². The molecule has 0 spiro atoms. The Labute approximate surface area is 111 Å². The first kappa shape index (κ1) is 11.8. The summed E-state index contributed by atoms with van der Waals surface area (Å²) in [6, 6.07) is 17.1. The van der Waals surface area contributed by atoms with Crippen LogP contribution in [0.25, 0.3) is 6.08 Å². The minimum absolute atomic E-state index is 0.445. The van der Waals surface area contributed by atoms with Crippen molar-refractivity contribution in [1.29, 1.82) is 0 Å². The second kappa shape index (κ2) is 4.78. The number of benzene rings is 2. The van der Waals surface area contributed by atoms with Gasteiger partial charge in [0.15, 0.2) is 0 Å². The van der Waals surface area contributed by atoms with Crippen LogP contribution in [-0.4, -0.2) is 5.11 Å². The molecule has 1 N–H and O–H groups in total. The molecule has 2 aromatic rings. The lowest BCUT2D eigenvalue weighted by molar-refractivity contribution is 0.0408. The van der Waals surface area contributed by atoms with E-state index in [0.717, 1.165) is 16.8 Å². The highest BCUT2D eigenvalue weighted by Gasteiger charge is 2.32. The number of azo groups is 1. The van der Waals surface area contributed by atoms with Crippen molar-refractivity contribution in [1.82, 2.24) is 0 Å². The fourth-order valence-corrected chi connectivity index (χ4v) is 2.20. The van der Waals surface area contributed by atoms with E-state index in [0.29, 0.717) is 6.42 Å². The van der Waals surface area contributed by atoms with E-state index in [1.165, 1.54) is 0 Å². The molecule has 1 aliphatic carbocycles. The van der Waals surface area contributed by atoms with Gasteiger partial charge in [-0.05, 0) is 17.7 Å². The number of aliphatic hydroxyl groups is 1. The number of nitrogens with zero attached hydrogens (tertiary/aromatic N) is 2. The summed E-state index contributed by atoms with van der Waals surface area (Å²) in [5, 5.41) is 19.0. The van der Waals surface area contributed by atoms with Crippen LogP contribution in [0.1, 0.15) is 17.5 Å². The Balaban J connectivity index is 1.96. The molecular weight excluding hydrogens is 236 g/mol. The van der Waals surface area contributed by atoms with Crippen molar-refractivity contribution in [2.45, 2.75) is 12.1 Å². The molecule has 0 heterocycles. The quantitative estimate of drug-likeness (QED) is 0.803. The van der Waals surface area contributed by atoms with Crippen LogP contribution in [0.2, 0.25) is 0 Å². The molecular formula is C16H14N2O. The van der Waals surface area contributed by atoms with Crippen molar-refractivity contribution < 1.29 is 5.11 Å². The second-order valence-corrected chi connectivity index (χ2v) is 4.55. The fraction of sp³-hybridized carbons (Fsp3) is 0.125. The lowest BCUT2D eigenvalue weighted by Gasteiger charge is -2.26. The van der Waals surface area contributed by atoms with Crippen LogP contribution in [0.5, 0.6) is 0 Å². The molecule has 0 saturated heterocycles. The Morgan fingerprint density at radius 2 is 1.68 bits per heavy atom. The predicted octanol–water partition coefficient (Wildman–Crippen LogP) is 4.03. The average molecular weight is 250 g/mol. The number of hydrogen-bond donors (Lipinski definition) is 1. The molecule has 2 aromatic carbocycles. The monoisotopic (exact) mass is 250 g/mol. The molecule has 1 aliphatic rings. The molecule has 0 fully saturated rings. The molecule has 3 rings (SSSR count). The third-order valence-electron chi connectivity index (χ3n) is 3.18. The van der Waals surface area contributed by atoms with Gasteiger partial charge in [-0.25, -0.2) is 0 Å². The van der Waals surface area contributed by atoms with Crippen molar-refractivity contribution in [2.24, 2.45) is 10.2 Å². The molecule has 0 amide bonds. The second-order valence-electron chi connectivity index (χ2n) is 4.55. The van der Waals surface area contributed by atoms with E-state index in [1.54, 1.807) is 0 Å². The maximum absolute atomic E-state index is 10.7. The van der Waals surface area contributed by atoms with Crippen molar-refractivity contribution in [3.63, 3.8) is 0 Å². The van der Waals surface area contributed by atoms with Gasteiger partial charge < -0.3 is 5.11 Å². The highest BCUT2D eigenvalue weighted by Crippen LogP contribution is 2.35. The Morgan fingerprint density at radius 1 is 0.947 bits per heavy atom. The molecule has 0 aromatic heterocycles. The van der Waals surface area contributed by atoms with E-state index in [4.69, 9.17) is 0 Å². The van der Waals surface area contributed by atoms with Gasteiger partial charge in [-0.2, -0.15) is 5.11 Å². The van der Waals surface area contributed by atoms with Crippen LogP contribution in [-0.2, 0) is 5.72 Å². The first-order valence-corrected chi connectivity index (χ1v) is 6.24. The number of fused-ring (bicyclic) bond motifs is 1. The summed E-state index contributed by atoms with van der Waals surface area (Å²) < 4.78 is 0. The van der Waals surface area contributed by atoms with E-state index >= 15 is 0 Å². The minimum Gasteiger partial charge on any atom is -0.364 e. The van der Waals surface area contributed by atoms with E-state index in [1.807, 2.05) is 66.7 Å². The molecule has 0 saturated carbocycles. The fourth-order valence-electron chi connectivity index (χ4n) is 2.20. The van der Waals surface area contributed by atoms with E-state index in [2.05, 4.69) is 10.2 Å². The standard InChI is InChI=1S/C16H14N2O/c19-16(18-17-14-9-2-1-3-10-14)12-6-8-13-7-4-5-11-15(13)16/h1-11,19H,12H2. The molecule has 3 heteroatoms. The first-order chi connectivity index (χ1) is 9.28. The molecule has 1 atom stereocenters. The van der Waals surface area contributed by atoms with Crippen molar-refractivity contribution in [3.8, 4) is 0 Å². The SMILES string of the molecule is OC1(N=Nc2ccccc2)CC=Cc2ccccc21. The summed E-state index contributed by atoms with van der Waals surface area (Å²) in [4.78, 5) is 0. The van der Waals surface area contributed by atoms with Gasteiger partial charge in [0, 0.05) is 12.0 Å². The Hall–Kier alpha value is -2.26. The van der Waals surface area contributed by atoms with Crippen LogP contribution < -0.4 is 0 Å². The molecule has 94 valence electrons. The predicted molar refractivity (Wildman–Crippen MR) is 74.9 cm³/mol. The topological polar surface area (TPSA) is 45.0 Å². The van der Waals surface area contributed by atoms with Crippen LogP contribution in [0.4, 0.5) is 5.69 Å². The zero-order chi connectivity index (χ0) is 13.1. The maximum Gasteiger partial charge on any atom is 0.206 e. The Bertz CT molecular complexity index is 634. The van der Waals surface area contributed by atoms with Crippen LogP contribution >= 0.6 is 0 Å². The summed E-state index contributed by atoms with van der Waals surface area (Å²) in [6.07, 6.45) is 4.37. The summed E-state index contributed by atoms with van der Waals surface area (Å²) in [5.74, 6) is 0. The Kier molecular flexibility index (Phi) is 2.97. The zero-order valence-corrected chi connectivity index (χ0v) is 10.4. The van der Waals surface area contributed by atoms with Gasteiger partial charge in [0.05, 0.1) is 5.69 Å². The molecule has 1 unspecified atom stereocenters. The smallest absolute Gasteiger partial charge is 0.206 e. The van der Waals surface area contributed by atoms with Crippen molar-refractivity contribution in [2.75, 3.05) is 0 Å². The molecule has 0 bridgehead atoms. The molecule has 19 heavy (non-hydrogen) atoms.